The lowest BCUT2D eigenvalue weighted by molar-refractivity contribution is -0.135. The third-order valence-corrected chi connectivity index (χ3v) is 7.52. The van der Waals surface area contributed by atoms with Gasteiger partial charge in [-0.3, -0.25) is 4.79 Å². The lowest BCUT2D eigenvalue weighted by Gasteiger charge is -2.26. The highest BCUT2D eigenvalue weighted by atomic mass is 32.2. The molecule has 1 aromatic heterocycles. The Bertz CT molecular complexity index is 1230. The smallest absolute Gasteiger partial charge is 0.228 e. The minimum atomic E-state index is -3.72. The molecule has 35 heavy (non-hydrogen) atoms. The number of sulfone groups is 1. The van der Waals surface area contributed by atoms with Crippen molar-refractivity contribution in [3.05, 3.63) is 83.2 Å². The zero-order valence-corrected chi connectivity index (χ0v) is 22.1. The van der Waals surface area contributed by atoms with Crippen molar-refractivity contribution in [2.24, 2.45) is 5.92 Å². The third-order valence-electron chi connectivity index (χ3n) is 5.95. The van der Waals surface area contributed by atoms with Crippen molar-refractivity contribution in [2.75, 3.05) is 27.2 Å². The summed E-state index contributed by atoms with van der Waals surface area (Å²) in [6.45, 7) is 7.58. The number of aromatic nitrogens is 2. The van der Waals surface area contributed by atoms with Gasteiger partial charge in [-0.25, -0.2) is 13.4 Å². The molecule has 2 aromatic carbocycles. The van der Waals surface area contributed by atoms with Crippen molar-refractivity contribution in [3.63, 3.8) is 0 Å². The summed E-state index contributed by atoms with van der Waals surface area (Å²) in [5.41, 5.74) is 3.35. The Morgan fingerprint density at radius 3 is 2.29 bits per heavy atom. The van der Waals surface area contributed by atoms with Crippen LogP contribution in [0, 0.1) is 12.8 Å². The van der Waals surface area contributed by atoms with Crippen LogP contribution in [-0.4, -0.2) is 60.9 Å². The first-order valence-corrected chi connectivity index (χ1v) is 13.5. The summed E-state index contributed by atoms with van der Waals surface area (Å²) in [6.07, 6.45) is 1.60. The highest BCUT2D eigenvalue weighted by Crippen LogP contribution is 2.22. The van der Waals surface area contributed by atoms with Crippen LogP contribution >= 0.6 is 0 Å². The van der Waals surface area contributed by atoms with Crippen molar-refractivity contribution in [3.8, 4) is 0 Å². The molecule has 0 saturated carbocycles. The molecule has 3 rings (SSSR count). The average molecular weight is 497 g/mol. The van der Waals surface area contributed by atoms with Gasteiger partial charge in [0.1, 0.15) is 0 Å². The van der Waals surface area contributed by atoms with E-state index in [0.717, 1.165) is 16.7 Å². The lowest BCUT2D eigenvalue weighted by atomic mass is 10.1. The standard InChI is InChI=1S/C27H36N4O3S/c1-21(2)26(32)30(16-15-29(4)5)19-25-17-28-27(31(25)18-23-12-7-6-8-13-23)35(33,34)20-24-14-10-9-11-22(24)3/h6-14,17,21H,15-16,18-20H2,1-5H3. The molecule has 0 N–H and O–H groups in total. The number of rotatable bonds is 11. The second kappa shape index (κ2) is 11.6. The number of carbonyl (C=O) groups is 1. The number of nitrogens with zero attached hydrogens (tertiary/aromatic N) is 4. The predicted octanol–water partition coefficient (Wildman–Crippen LogP) is 3.76. The summed E-state index contributed by atoms with van der Waals surface area (Å²) in [7, 11) is 0.209. The van der Waals surface area contributed by atoms with E-state index in [-0.39, 0.29) is 22.7 Å². The normalized spacial score (nSPS) is 11.9. The number of likely N-dealkylation sites (N-methyl/N-ethyl adjacent to an activating group) is 1. The Morgan fingerprint density at radius 1 is 1.00 bits per heavy atom. The van der Waals surface area contributed by atoms with Gasteiger partial charge in [0.05, 0.1) is 30.7 Å². The fourth-order valence-corrected chi connectivity index (χ4v) is 5.48. The van der Waals surface area contributed by atoms with E-state index < -0.39 is 9.84 Å². The Balaban J connectivity index is 2.01. The first-order chi connectivity index (χ1) is 16.6. The van der Waals surface area contributed by atoms with Crippen molar-refractivity contribution in [1.82, 2.24) is 19.4 Å². The lowest BCUT2D eigenvalue weighted by Crippen LogP contribution is -2.39. The largest absolute Gasteiger partial charge is 0.335 e. The highest BCUT2D eigenvalue weighted by molar-refractivity contribution is 7.90. The minimum Gasteiger partial charge on any atom is -0.335 e. The van der Waals surface area contributed by atoms with Crippen LogP contribution in [0.2, 0.25) is 0 Å². The predicted molar refractivity (Wildman–Crippen MR) is 139 cm³/mol. The Hall–Kier alpha value is -2.97. The molecule has 3 aromatic rings. The fraction of sp³-hybridized carbons (Fsp3) is 0.407. The van der Waals surface area contributed by atoms with Crippen molar-refractivity contribution in [2.45, 2.75) is 44.8 Å². The number of benzene rings is 2. The van der Waals surface area contributed by atoms with E-state index in [1.165, 1.54) is 0 Å². The topological polar surface area (TPSA) is 75.5 Å². The van der Waals surface area contributed by atoms with Gasteiger partial charge in [-0.15, -0.1) is 0 Å². The van der Waals surface area contributed by atoms with E-state index in [0.29, 0.717) is 31.9 Å². The zero-order chi connectivity index (χ0) is 25.6. The summed E-state index contributed by atoms with van der Waals surface area (Å²) in [5, 5.41) is 0.0316. The number of carbonyl (C=O) groups excluding carboxylic acids is 1. The van der Waals surface area contributed by atoms with Crippen molar-refractivity contribution < 1.29 is 13.2 Å². The van der Waals surface area contributed by atoms with Crippen LogP contribution < -0.4 is 0 Å². The van der Waals surface area contributed by atoms with E-state index >= 15 is 0 Å². The molecule has 0 aliphatic rings. The summed E-state index contributed by atoms with van der Waals surface area (Å²) in [5.74, 6) is -0.254. The zero-order valence-electron chi connectivity index (χ0n) is 21.3. The molecular formula is C27H36N4O3S. The van der Waals surface area contributed by atoms with Crippen LogP contribution in [0.25, 0.3) is 0 Å². The maximum Gasteiger partial charge on any atom is 0.228 e. The van der Waals surface area contributed by atoms with Gasteiger partial charge in [0.15, 0.2) is 0 Å². The first-order valence-electron chi connectivity index (χ1n) is 11.9. The molecule has 0 fully saturated rings. The molecule has 8 heteroatoms. The van der Waals surface area contributed by atoms with E-state index in [9.17, 15) is 13.2 Å². The van der Waals surface area contributed by atoms with E-state index in [2.05, 4.69) is 4.98 Å². The van der Waals surface area contributed by atoms with Crippen LogP contribution in [0.5, 0.6) is 0 Å². The van der Waals surface area contributed by atoms with Crippen LogP contribution in [0.15, 0.2) is 66.0 Å². The SMILES string of the molecule is Cc1ccccc1CS(=O)(=O)c1ncc(CN(CCN(C)C)C(=O)C(C)C)n1Cc1ccccc1. The Kier molecular flexibility index (Phi) is 8.86. The van der Waals surface area contributed by atoms with Gasteiger partial charge in [0.2, 0.25) is 20.9 Å². The number of hydrogen-bond acceptors (Lipinski definition) is 5. The quantitative estimate of drug-likeness (QED) is 0.404. The first kappa shape index (κ1) is 26.6. The molecule has 0 radical (unpaired) electrons. The Labute approximate surface area is 209 Å². The monoisotopic (exact) mass is 496 g/mol. The molecule has 0 aliphatic carbocycles. The van der Waals surface area contributed by atoms with Gasteiger partial charge < -0.3 is 14.4 Å². The third kappa shape index (κ3) is 7.02. The van der Waals surface area contributed by atoms with Gasteiger partial charge in [-0.1, -0.05) is 68.4 Å². The summed E-state index contributed by atoms with van der Waals surface area (Å²) in [4.78, 5) is 21.2. The van der Waals surface area contributed by atoms with E-state index in [1.54, 1.807) is 15.7 Å². The molecule has 0 aliphatic heterocycles. The van der Waals surface area contributed by atoms with Crippen LogP contribution in [-0.2, 0) is 33.5 Å². The second-order valence-electron chi connectivity index (χ2n) is 9.51. The van der Waals surface area contributed by atoms with E-state index in [4.69, 9.17) is 0 Å². The molecule has 0 bridgehead atoms. The van der Waals surface area contributed by atoms with E-state index in [1.807, 2.05) is 94.4 Å². The molecule has 1 heterocycles. The summed E-state index contributed by atoms with van der Waals surface area (Å²) < 4.78 is 28.9. The van der Waals surface area contributed by atoms with Gasteiger partial charge in [0, 0.05) is 19.0 Å². The Morgan fingerprint density at radius 2 is 1.66 bits per heavy atom. The molecule has 0 saturated heterocycles. The number of hydrogen-bond donors (Lipinski definition) is 0. The number of imidazole rings is 1. The van der Waals surface area contributed by atoms with Gasteiger partial charge in [-0.2, -0.15) is 0 Å². The molecule has 0 unspecified atom stereocenters. The molecular weight excluding hydrogens is 460 g/mol. The maximum atomic E-state index is 13.6. The average Bonchev–Trinajstić information content (AvgIpc) is 3.21. The van der Waals surface area contributed by atoms with Gasteiger partial charge in [-0.05, 0) is 37.7 Å². The summed E-state index contributed by atoms with van der Waals surface area (Å²) >= 11 is 0. The molecule has 7 nitrogen and oxygen atoms in total. The molecule has 1 amide bonds. The molecule has 0 atom stereocenters. The summed E-state index contributed by atoms with van der Waals surface area (Å²) in [6, 6.07) is 17.2. The number of amides is 1. The molecule has 188 valence electrons. The van der Waals surface area contributed by atoms with Crippen LogP contribution in [0.1, 0.15) is 36.2 Å². The van der Waals surface area contributed by atoms with Crippen molar-refractivity contribution >= 4 is 15.7 Å². The minimum absolute atomic E-state index is 0.0311. The van der Waals surface area contributed by atoms with Crippen molar-refractivity contribution in [1.29, 1.82) is 0 Å². The second-order valence-corrected chi connectivity index (χ2v) is 11.4. The van der Waals surface area contributed by atoms with Crippen LogP contribution in [0.4, 0.5) is 0 Å². The fourth-order valence-electron chi connectivity index (χ4n) is 3.89. The highest BCUT2D eigenvalue weighted by Gasteiger charge is 2.27. The van der Waals surface area contributed by atoms with Crippen LogP contribution in [0.3, 0.4) is 0 Å². The molecule has 0 spiro atoms. The van der Waals surface area contributed by atoms with Gasteiger partial charge >= 0.3 is 0 Å². The number of aryl methyl sites for hydroxylation is 1. The maximum absolute atomic E-state index is 13.6. The van der Waals surface area contributed by atoms with Gasteiger partial charge in [0.25, 0.3) is 0 Å².